The third-order valence-corrected chi connectivity index (χ3v) is 1.83. The van der Waals surface area contributed by atoms with Gasteiger partial charge in [-0.1, -0.05) is 0 Å². The highest BCUT2D eigenvalue weighted by molar-refractivity contribution is 5.33. The Morgan fingerprint density at radius 1 is 1.36 bits per heavy atom. The van der Waals surface area contributed by atoms with Crippen LogP contribution >= 0.6 is 0 Å². The minimum Gasteiger partial charge on any atom is -0.364 e. The largest absolute Gasteiger partial charge is 0.364 e. The van der Waals surface area contributed by atoms with Crippen molar-refractivity contribution in [2.75, 3.05) is 5.32 Å². The molecule has 2 N–H and O–H groups in total. The van der Waals surface area contributed by atoms with Gasteiger partial charge in [-0.25, -0.2) is 0 Å². The SMILES string of the molecule is Cc1ccc(NCc2cn[nH]c2)nn1. The number of anilines is 1. The number of H-pyrrole nitrogens is 1. The Balaban J connectivity index is 1.95. The van der Waals surface area contributed by atoms with Gasteiger partial charge < -0.3 is 5.32 Å². The molecule has 0 atom stereocenters. The van der Waals surface area contributed by atoms with Crippen LogP contribution in [0.3, 0.4) is 0 Å². The Bertz CT molecular complexity index is 378. The van der Waals surface area contributed by atoms with E-state index in [0.29, 0.717) is 6.54 Å². The number of rotatable bonds is 3. The Labute approximate surface area is 81.6 Å². The molecule has 0 aliphatic carbocycles. The number of aryl methyl sites for hydroxylation is 1. The normalized spacial score (nSPS) is 10.1. The van der Waals surface area contributed by atoms with E-state index in [1.165, 1.54) is 0 Å². The van der Waals surface area contributed by atoms with Gasteiger partial charge in [0.2, 0.25) is 0 Å². The first-order chi connectivity index (χ1) is 6.84. The molecule has 14 heavy (non-hydrogen) atoms. The molecule has 0 aliphatic rings. The molecule has 0 spiro atoms. The van der Waals surface area contributed by atoms with Gasteiger partial charge >= 0.3 is 0 Å². The number of aromatic amines is 1. The molecule has 0 saturated carbocycles. The Kier molecular flexibility index (Phi) is 2.40. The maximum Gasteiger partial charge on any atom is 0.148 e. The van der Waals surface area contributed by atoms with Crippen LogP contribution in [0.5, 0.6) is 0 Å². The second-order valence-electron chi connectivity index (χ2n) is 3.02. The molecule has 0 unspecified atom stereocenters. The molecule has 2 aromatic heterocycles. The van der Waals surface area contributed by atoms with Crippen LogP contribution in [-0.2, 0) is 6.54 Å². The van der Waals surface area contributed by atoms with Gasteiger partial charge in [0.15, 0.2) is 0 Å². The first-order valence-electron chi connectivity index (χ1n) is 4.36. The quantitative estimate of drug-likeness (QED) is 0.759. The van der Waals surface area contributed by atoms with Gasteiger partial charge in [-0.15, -0.1) is 5.10 Å². The Morgan fingerprint density at radius 2 is 2.29 bits per heavy atom. The summed E-state index contributed by atoms with van der Waals surface area (Å²) >= 11 is 0. The molecule has 0 amide bonds. The van der Waals surface area contributed by atoms with Gasteiger partial charge in [-0.2, -0.15) is 10.2 Å². The number of nitrogens with one attached hydrogen (secondary N) is 2. The van der Waals surface area contributed by atoms with Gasteiger partial charge in [-0.3, -0.25) is 5.10 Å². The summed E-state index contributed by atoms with van der Waals surface area (Å²) in [5.41, 5.74) is 2.01. The van der Waals surface area contributed by atoms with Gasteiger partial charge in [0.1, 0.15) is 5.82 Å². The highest BCUT2D eigenvalue weighted by Crippen LogP contribution is 2.03. The second kappa shape index (κ2) is 3.87. The molecule has 0 radical (unpaired) electrons. The molecule has 0 fully saturated rings. The third-order valence-electron chi connectivity index (χ3n) is 1.83. The predicted molar refractivity (Wildman–Crippen MR) is 52.7 cm³/mol. The number of aromatic nitrogens is 4. The summed E-state index contributed by atoms with van der Waals surface area (Å²) in [6, 6.07) is 3.83. The third kappa shape index (κ3) is 2.07. The van der Waals surface area contributed by atoms with Crippen molar-refractivity contribution >= 4 is 5.82 Å². The van der Waals surface area contributed by atoms with Crippen molar-refractivity contribution in [1.29, 1.82) is 0 Å². The van der Waals surface area contributed by atoms with E-state index in [1.807, 2.05) is 25.3 Å². The molecular weight excluding hydrogens is 178 g/mol. The van der Waals surface area contributed by atoms with E-state index in [4.69, 9.17) is 0 Å². The van der Waals surface area contributed by atoms with E-state index in [2.05, 4.69) is 25.7 Å². The fourth-order valence-electron chi connectivity index (χ4n) is 1.06. The van der Waals surface area contributed by atoms with Crippen LogP contribution in [0.4, 0.5) is 5.82 Å². The minimum absolute atomic E-state index is 0.703. The van der Waals surface area contributed by atoms with Crippen LogP contribution in [0.25, 0.3) is 0 Å². The maximum atomic E-state index is 3.99. The minimum atomic E-state index is 0.703. The van der Waals surface area contributed by atoms with E-state index in [-0.39, 0.29) is 0 Å². The first-order valence-corrected chi connectivity index (χ1v) is 4.36. The zero-order valence-electron chi connectivity index (χ0n) is 7.86. The lowest BCUT2D eigenvalue weighted by atomic mass is 10.3. The summed E-state index contributed by atoms with van der Waals surface area (Å²) in [5, 5.41) is 17.7. The Hall–Kier alpha value is -1.91. The van der Waals surface area contributed by atoms with E-state index >= 15 is 0 Å². The Morgan fingerprint density at radius 3 is 2.93 bits per heavy atom. The van der Waals surface area contributed by atoms with E-state index in [1.54, 1.807) is 6.20 Å². The molecule has 5 nitrogen and oxygen atoms in total. The van der Waals surface area contributed by atoms with Crippen LogP contribution in [0, 0.1) is 6.92 Å². The highest BCUT2D eigenvalue weighted by Gasteiger charge is 1.95. The highest BCUT2D eigenvalue weighted by atomic mass is 15.2. The summed E-state index contributed by atoms with van der Waals surface area (Å²) in [6.45, 7) is 2.61. The lowest BCUT2D eigenvalue weighted by Gasteiger charge is -2.01. The average Bonchev–Trinajstić information content (AvgIpc) is 2.70. The summed E-state index contributed by atoms with van der Waals surface area (Å²) in [5.74, 6) is 0.775. The molecule has 0 aliphatic heterocycles. The van der Waals surface area contributed by atoms with Crippen molar-refractivity contribution in [2.45, 2.75) is 13.5 Å². The van der Waals surface area contributed by atoms with Crippen molar-refractivity contribution in [3.63, 3.8) is 0 Å². The van der Waals surface area contributed by atoms with Crippen molar-refractivity contribution in [3.8, 4) is 0 Å². The van der Waals surface area contributed by atoms with Gasteiger partial charge in [-0.05, 0) is 19.1 Å². The average molecular weight is 189 g/mol. The van der Waals surface area contributed by atoms with Crippen LogP contribution in [0.15, 0.2) is 24.5 Å². The molecule has 0 bridgehead atoms. The second-order valence-corrected chi connectivity index (χ2v) is 3.02. The summed E-state index contributed by atoms with van der Waals surface area (Å²) in [6.07, 6.45) is 3.61. The van der Waals surface area contributed by atoms with Crippen molar-refractivity contribution in [2.24, 2.45) is 0 Å². The van der Waals surface area contributed by atoms with Crippen LogP contribution < -0.4 is 5.32 Å². The van der Waals surface area contributed by atoms with E-state index in [9.17, 15) is 0 Å². The molecule has 2 rings (SSSR count). The van der Waals surface area contributed by atoms with Gasteiger partial charge in [0, 0.05) is 18.3 Å². The summed E-state index contributed by atoms with van der Waals surface area (Å²) in [7, 11) is 0. The topological polar surface area (TPSA) is 66.5 Å². The fourth-order valence-corrected chi connectivity index (χ4v) is 1.06. The molecule has 0 saturated heterocycles. The zero-order chi connectivity index (χ0) is 9.80. The number of hydrogen-bond donors (Lipinski definition) is 2. The molecule has 2 aromatic rings. The zero-order valence-corrected chi connectivity index (χ0v) is 7.86. The van der Waals surface area contributed by atoms with E-state index < -0.39 is 0 Å². The van der Waals surface area contributed by atoms with Crippen LogP contribution in [0.2, 0.25) is 0 Å². The van der Waals surface area contributed by atoms with E-state index in [0.717, 1.165) is 17.1 Å². The fraction of sp³-hybridized carbons (Fsp3) is 0.222. The molecule has 5 heteroatoms. The monoisotopic (exact) mass is 189 g/mol. The first kappa shape index (κ1) is 8.68. The lowest BCUT2D eigenvalue weighted by molar-refractivity contribution is 0.963. The standard InChI is InChI=1S/C9H11N5/c1-7-2-3-9(14-13-7)10-4-8-5-11-12-6-8/h2-3,5-6H,4H2,1H3,(H,10,14)(H,11,12). The van der Waals surface area contributed by atoms with Crippen LogP contribution in [0.1, 0.15) is 11.3 Å². The number of nitrogens with zero attached hydrogens (tertiary/aromatic N) is 3. The molecular formula is C9H11N5. The van der Waals surface area contributed by atoms with Crippen molar-refractivity contribution in [1.82, 2.24) is 20.4 Å². The summed E-state index contributed by atoms with van der Waals surface area (Å²) < 4.78 is 0. The smallest absolute Gasteiger partial charge is 0.148 e. The predicted octanol–water partition coefficient (Wildman–Crippen LogP) is 1.12. The maximum absolute atomic E-state index is 3.99. The number of hydrogen-bond acceptors (Lipinski definition) is 4. The van der Waals surface area contributed by atoms with Gasteiger partial charge in [0.25, 0.3) is 0 Å². The van der Waals surface area contributed by atoms with Crippen molar-refractivity contribution < 1.29 is 0 Å². The van der Waals surface area contributed by atoms with Crippen LogP contribution in [-0.4, -0.2) is 20.4 Å². The molecule has 2 heterocycles. The lowest BCUT2D eigenvalue weighted by Crippen LogP contribution is -2.01. The summed E-state index contributed by atoms with van der Waals surface area (Å²) in [4.78, 5) is 0. The van der Waals surface area contributed by atoms with Crippen molar-refractivity contribution in [3.05, 3.63) is 35.8 Å². The van der Waals surface area contributed by atoms with Gasteiger partial charge in [0.05, 0.1) is 11.9 Å². The molecule has 72 valence electrons. The molecule has 0 aromatic carbocycles.